The van der Waals surface area contributed by atoms with E-state index in [9.17, 15) is 4.79 Å². The summed E-state index contributed by atoms with van der Waals surface area (Å²) in [6, 6.07) is 0. The van der Waals surface area contributed by atoms with Crippen LogP contribution in [0.4, 0.5) is 0 Å². The average molecular weight is 331 g/mol. The molecule has 5 atom stereocenters. The fourth-order valence-electron chi connectivity index (χ4n) is 2.83. The summed E-state index contributed by atoms with van der Waals surface area (Å²) in [7, 11) is -0.110. The maximum absolute atomic E-state index is 12.0. The van der Waals surface area contributed by atoms with Crippen molar-refractivity contribution in [1.29, 1.82) is 0 Å². The lowest BCUT2D eigenvalue weighted by molar-refractivity contribution is -0.186. The van der Waals surface area contributed by atoms with Gasteiger partial charge in [-0.2, -0.15) is 0 Å². The standard InChI is InChI=1S/C17H34O4Si/c1-11(10-20-22(8,9)17(4,5)6)14-12(2)15(19-7)13(3)16(18)21-14/h11-15H,10H2,1-9H3/t11-,12+,13+,14+,15-/m0/s1. The Morgan fingerprint density at radius 3 is 2.27 bits per heavy atom. The summed E-state index contributed by atoms with van der Waals surface area (Å²) < 4.78 is 17.5. The Kier molecular flexibility index (Phi) is 6.27. The zero-order valence-corrected chi connectivity index (χ0v) is 16.7. The van der Waals surface area contributed by atoms with E-state index in [2.05, 4.69) is 47.7 Å². The minimum atomic E-state index is -1.78. The number of methoxy groups -OCH3 is 1. The van der Waals surface area contributed by atoms with Crippen molar-refractivity contribution in [3.8, 4) is 0 Å². The van der Waals surface area contributed by atoms with Crippen molar-refractivity contribution in [2.24, 2.45) is 17.8 Å². The van der Waals surface area contributed by atoms with Gasteiger partial charge in [-0.05, 0) is 25.1 Å². The van der Waals surface area contributed by atoms with Crippen LogP contribution in [0.3, 0.4) is 0 Å². The normalized spacial score (nSPS) is 31.8. The molecule has 0 spiro atoms. The number of hydrogen-bond acceptors (Lipinski definition) is 4. The monoisotopic (exact) mass is 330 g/mol. The molecule has 1 fully saturated rings. The molecule has 0 aliphatic carbocycles. The number of carbonyl (C=O) groups excluding carboxylic acids is 1. The molecule has 0 saturated carbocycles. The Bertz CT molecular complexity index is 389. The molecule has 0 aromatic carbocycles. The molecule has 0 aromatic heterocycles. The summed E-state index contributed by atoms with van der Waals surface area (Å²) in [6.45, 7) is 17.9. The number of carbonyl (C=O) groups is 1. The van der Waals surface area contributed by atoms with E-state index < -0.39 is 8.32 Å². The zero-order valence-electron chi connectivity index (χ0n) is 15.7. The smallest absolute Gasteiger partial charge is 0.311 e. The van der Waals surface area contributed by atoms with E-state index in [1.165, 1.54) is 0 Å². The molecule has 1 saturated heterocycles. The van der Waals surface area contributed by atoms with Crippen LogP contribution in [0.2, 0.25) is 18.1 Å². The van der Waals surface area contributed by atoms with E-state index in [1.54, 1.807) is 7.11 Å². The first-order valence-corrected chi connectivity index (χ1v) is 11.2. The summed E-state index contributed by atoms with van der Waals surface area (Å²) in [4.78, 5) is 12.0. The van der Waals surface area contributed by atoms with Gasteiger partial charge in [-0.15, -0.1) is 0 Å². The third kappa shape index (κ3) is 4.12. The number of esters is 1. The van der Waals surface area contributed by atoms with E-state index in [0.29, 0.717) is 6.61 Å². The molecule has 1 aliphatic heterocycles. The maximum Gasteiger partial charge on any atom is 0.311 e. The SMILES string of the molecule is CO[C@H]1[C@H](C)[C@@H]([C@@H](C)CO[Si](C)(C)C(C)(C)C)OC(=O)[C@@H]1C. The molecule has 0 amide bonds. The highest BCUT2D eigenvalue weighted by atomic mass is 28.4. The van der Waals surface area contributed by atoms with Gasteiger partial charge in [0.2, 0.25) is 0 Å². The van der Waals surface area contributed by atoms with Crippen molar-refractivity contribution < 1.29 is 18.7 Å². The van der Waals surface area contributed by atoms with Gasteiger partial charge in [0, 0.05) is 25.6 Å². The second-order valence-electron chi connectivity index (χ2n) is 8.30. The van der Waals surface area contributed by atoms with E-state index in [1.807, 2.05) is 6.92 Å². The number of cyclic esters (lactones) is 1. The largest absolute Gasteiger partial charge is 0.461 e. The van der Waals surface area contributed by atoms with Crippen LogP contribution in [0.15, 0.2) is 0 Å². The Labute approximate surface area is 137 Å². The molecule has 0 bridgehead atoms. The number of hydrogen-bond donors (Lipinski definition) is 0. The quantitative estimate of drug-likeness (QED) is 0.567. The molecular weight excluding hydrogens is 296 g/mol. The minimum absolute atomic E-state index is 0.0819. The number of rotatable bonds is 5. The Balaban J connectivity index is 2.73. The Morgan fingerprint density at radius 1 is 1.27 bits per heavy atom. The molecule has 130 valence electrons. The first kappa shape index (κ1) is 19.7. The van der Waals surface area contributed by atoms with Crippen molar-refractivity contribution in [1.82, 2.24) is 0 Å². The van der Waals surface area contributed by atoms with Gasteiger partial charge in [0.15, 0.2) is 8.32 Å². The van der Waals surface area contributed by atoms with Crippen molar-refractivity contribution in [2.45, 2.75) is 71.9 Å². The van der Waals surface area contributed by atoms with E-state index in [-0.39, 0.29) is 41.0 Å². The molecule has 0 unspecified atom stereocenters. The summed E-state index contributed by atoms with van der Waals surface area (Å²) in [5.74, 6) is -0.0205. The summed E-state index contributed by atoms with van der Waals surface area (Å²) in [5.41, 5.74) is 0. The van der Waals surface area contributed by atoms with Gasteiger partial charge in [0.1, 0.15) is 6.10 Å². The van der Waals surface area contributed by atoms with Gasteiger partial charge in [-0.1, -0.05) is 34.6 Å². The van der Waals surface area contributed by atoms with E-state index >= 15 is 0 Å². The molecule has 4 nitrogen and oxygen atoms in total. The molecule has 0 radical (unpaired) electrons. The fraction of sp³-hybridized carbons (Fsp3) is 0.941. The van der Waals surface area contributed by atoms with Crippen molar-refractivity contribution in [3.05, 3.63) is 0 Å². The summed E-state index contributed by atoms with van der Waals surface area (Å²) >= 11 is 0. The zero-order chi connectivity index (χ0) is 17.3. The van der Waals surface area contributed by atoms with Gasteiger partial charge in [-0.25, -0.2) is 0 Å². The highest BCUT2D eigenvalue weighted by Crippen LogP contribution is 2.38. The molecule has 22 heavy (non-hydrogen) atoms. The lowest BCUT2D eigenvalue weighted by Crippen LogP contribution is -2.51. The molecule has 5 heteroatoms. The van der Waals surface area contributed by atoms with Crippen molar-refractivity contribution in [2.75, 3.05) is 13.7 Å². The van der Waals surface area contributed by atoms with Crippen LogP contribution in [0.1, 0.15) is 41.5 Å². The van der Waals surface area contributed by atoms with Gasteiger partial charge in [0.05, 0.1) is 12.0 Å². The van der Waals surface area contributed by atoms with Crippen molar-refractivity contribution in [3.63, 3.8) is 0 Å². The Hall–Kier alpha value is -0.393. The molecular formula is C17H34O4Si. The van der Waals surface area contributed by atoms with Crippen LogP contribution in [-0.4, -0.2) is 40.2 Å². The summed E-state index contributed by atoms with van der Waals surface area (Å²) in [5, 5.41) is 0.186. The molecule has 1 rings (SSSR count). The van der Waals surface area contributed by atoms with Crippen molar-refractivity contribution >= 4 is 14.3 Å². The highest BCUT2D eigenvalue weighted by Gasteiger charge is 2.44. The van der Waals surface area contributed by atoms with Gasteiger partial charge < -0.3 is 13.9 Å². The van der Waals surface area contributed by atoms with Crippen LogP contribution < -0.4 is 0 Å². The predicted octanol–water partition coefficient (Wildman–Crippen LogP) is 3.86. The molecule has 1 aliphatic rings. The lowest BCUT2D eigenvalue weighted by atomic mass is 9.81. The lowest BCUT2D eigenvalue weighted by Gasteiger charge is -2.42. The van der Waals surface area contributed by atoms with Crippen LogP contribution >= 0.6 is 0 Å². The molecule has 0 N–H and O–H groups in total. The first-order chi connectivity index (χ1) is 9.92. The van der Waals surface area contributed by atoms with Gasteiger partial charge >= 0.3 is 5.97 Å². The second-order valence-corrected chi connectivity index (χ2v) is 13.1. The van der Waals surface area contributed by atoms with Crippen LogP contribution in [0.25, 0.3) is 0 Å². The predicted molar refractivity (Wildman–Crippen MR) is 91.3 cm³/mol. The van der Waals surface area contributed by atoms with E-state index in [4.69, 9.17) is 13.9 Å². The van der Waals surface area contributed by atoms with Gasteiger partial charge in [0.25, 0.3) is 0 Å². The number of ether oxygens (including phenoxy) is 2. The van der Waals surface area contributed by atoms with Crippen LogP contribution in [-0.2, 0) is 18.7 Å². The Morgan fingerprint density at radius 2 is 1.82 bits per heavy atom. The fourth-order valence-corrected chi connectivity index (χ4v) is 3.94. The third-order valence-electron chi connectivity index (χ3n) is 5.50. The maximum atomic E-state index is 12.0. The second kappa shape index (κ2) is 7.01. The first-order valence-electron chi connectivity index (χ1n) is 8.29. The third-order valence-corrected chi connectivity index (χ3v) is 10.0. The topological polar surface area (TPSA) is 44.8 Å². The van der Waals surface area contributed by atoms with Gasteiger partial charge in [-0.3, -0.25) is 4.79 Å². The molecule has 1 heterocycles. The van der Waals surface area contributed by atoms with Crippen LogP contribution in [0, 0.1) is 17.8 Å². The highest BCUT2D eigenvalue weighted by molar-refractivity contribution is 6.74. The van der Waals surface area contributed by atoms with E-state index in [0.717, 1.165) is 0 Å². The van der Waals surface area contributed by atoms with Crippen LogP contribution in [0.5, 0.6) is 0 Å². The summed E-state index contributed by atoms with van der Waals surface area (Å²) in [6.07, 6.45) is -0.222. The minimum Gasteiger partial charge on any atom is -0.461 e. The molecule has 0 aromatic rings. The average Bonchev–Trinajstić information content (AvgIpc) is 2.39.